The minimum Gasteiger partial charge on any atom is -0.426 e. The third kappa shape index (κ3) is 8.67. The Labute approximate surface area is 248 Å². The van der Waals surface area contributed by atoms with Gasteiger partial charge in [-0.1, -0.05) is 86.9 Å². The van der Waals surface area contributed by atoms with E-state index in [1.165, 1.54) is 30.6 Å². The zero-order valence-electron chi connectivity index (χ0n) is 27.4. The highest BCUT2D eigenvalue weighted by Gasteiger charge is 2.26. The Hall–Kier alpha value is -3.14. The average molecular weight is 561 g/mol. The Bertz CT molecular complexity index is 1340. The van der Waals surface area contributed by atoms with Gasteiger partial charge in [0.05, 0.1) is 0 Å². The Balaban J connectivity index is 2.44. The predicted molar refractivity (Wildman–Crippen MR) is 173 cm³/mol. The van der Waals surface area contributed by atoms with Gasteiger partial charge in [-0.2, -0.15) is 0 Å². The van der Waals surface area contributed by atoms with Crippen molar-refractivity contribution in [2.45, 2.75) is 115 Å². The van der Waals surface area contributed by atoms with Crippen molar-refractivity contribution in [1.29, 1.82) is 0 Å². The minimum absolute atomic E-state index is 0.0321. The molecule has 4 nitrogen and oxygen atoms in total. The highest BCUT2D eigenvalue weighted by atomic mass is 16.5. The van der Waals surface area contributed by atoms with Crippen molar-refractivity contribution in [3.05, 3.63) is 70.3 Å². The van der Waals surface area contributed by atoms with E-state index in [1.54, 1.807) is 0 Å². The van der Waals surface area contributed by atoms with Gasteiger partial charge >= 0.3 is 11.9 Å². The number of rotatable bonds is 13. The molecule has 0 saturated carbocycles. The van der Waals surface area contributed by atoms with Gasteiger partial charge in [-0.25, -0.2) is 0 Å². The first-order valence-corrected chi connectivity index (χ1v) is 15.1. The number of ether oxygens (including phenoxy) is 2. The van der Waals surface area contributed by atoms with Gasteiger partial charge < -0.3 is 9.47 Å². The zero-order chi connectivity index (χ0) is 31.0. The van der Waals surface area contributed by atoms with Crippen LogP contribution in [0.15, 0.2) is 59.2 Å². The van der Waals surface area contributed by atoms with Crippen LogP contribution in [0.2, 0.25) is 0 Å². The molecule has 224 valence electrons. The van der Waals surface area contributed by atoms with Crippen LogP contribution < -0.4 is 9.47 Å². The molecule has 2 unspecified atom stereocenters. The second-order valence-electron chi connectivity index (χ2n) is 12.3. The maximum atomic E-state index is 12.1. The molecule has 0 fully saturated rings. The first-order valence-electron chi connectivity index (χ1n) is 15.1. The lowest BCUT2D eigenvalue weighted by atomic mass is 9.74. The van der Waals surface area contributed by atoms with Gasteiger partial charge in [0.25, 0.3) is 0 Å². The van der Waals surface area contributed by atoms with Crippen molar-refractivity contribution < 1.29 is 19.1 Å². The van der Waals surface area contributed by atoms with E-state index in [2.05, 4.69) is 73.6 Å². The number of hydrogen-bond donors (Lipinski definition) is 0. The van der Waals surface area contributed by atoms with Crippen LogP contribution in [0.25, 0.3) is 10.8 Å². The first-order chi connectivity index (χ1) is 19.2. The maximum Gasteiger partial charge on any atom is 0.308 e. The molecule has 2 rings (SSSR count). The summed E-state index contributed by atoms with van der Waals surface area (Å²) in [4.78, 5) is 24.1. The summed E-state index contributed by atoms with van der Waals surface area (Å²) in [7, 11) is 0. The molecule has 2 atom stereocenters. The highest BCUT2D eigenvalue weighted by molar-refractivity contribution is 5.98. The van der Waals surface area contributed by atoms with Crippen molar-refractivity contribution in [3.8, 4) is 11.5 Å². The lowest BCUT2D eigenvalue weighted by Crippen LogP contribution is -2.18. The van der Waals surface area contributed by atoms with Gasteiger partial charge in [-0.3, -0.25) is 9.59 Å². The van der Waals surface area contributed by atoms with E-state index in [-0.39, 0.29) is 22.8 Å². The fraction of sp³-hybridized carbons (Fsp3) is 0.514. The smallest absolute Gasteiger partial charge is 0.308 e. The van der Waals surface area contributed by atoms with Gasteiger partial charge in [-0.05, 0) is 89.5 Å². The van der Waals surface area contributed by atoms with E-state index in [1.807, 2.05) is 31.2 Å². The number of hydrogen-bond acceptors (Lipinski definition) is 4. The molecule has 0 aromatic heterocycles. The van der Waals surface area contributed by atoms with E-state index in [4.69, 9.17) is 9.47 Å². The van der Waals surface area contributed by atoms with Crippen LogP contribution in [0.5, 0.6) is 11.5 Å². The van der Waals surface area contributed by atoms with Gasteiger partial charge in [0.15, 0.2) is 0 Å². The van der Waals surface area contributed by atoms with Crippen LogP contribution >= 0.6 is 0 Å². The van der Waals surface area contributed by atoms with Crippen LogP contribution in [0.3, 0.4) is 0 Å². The minimum atomic E-state index is -0.377. The van der Waals surface area contributed by atoms with E-state index < -0.39 is 0 Å². The fourth-order valence-electron chi connectivity index (χ4n) is 5.35. The van der Waals surface area contributed by atoms with E-state index >= 15 is 0 Å². The second-order valence-corrected chi connectivity index (χ2v) is 12.3. The van der Waals surface area contributed by atoms with Crippen LogP contribution in [-0.2, 0) is 16.0 Å². The molecule has 2 aromatic rings. The monoisotopic (exact) mass is 560 g/mol. The molecule has 0 N–H and O–H groups in total. The predicted octanol–water partition coefficient (Wildman–Crippen LogP) is 10.4. The van der Waals surface area contributed by atoms with Crippen molar-refractivity contribution in [1.82, 2.24) is 0 Å². The number of benzene rings is 2. The van der Waals surface area contributed by atoms with Crippen molar-refractivity contribution in [3.63, 3.8) is 0 Å². The quantitative estimate of drug-likeness (QED) is 0.139. The summed E-state index contributed by atoms with van der Waals surface area (Å²) in [6.07, 6.45) is 12.9. The fourth-order valence-corrected chi connectivity index (χ4v) is 5.35. The number of carbonyl (C=O) groups is 2. The number of esters is 2. The first kappa shape index (κ1) is 34.1. The van der Waals surface area contributed by atoms with Crippen LogP contribution in [-0.4, -0.2) is 11.9 Å². The molecule has 0 amide bonds. The summed E-state index contributed by atoms with van der Waals surface area (Å²) < 4.78 is 11.5. The number of fused-ring (bicyclic) bond motifs is 1. The summed E-state index contributed by atoms with van der Waals surface area (Å²) >= 11 is 0. The molecule has 0 aliphatic carbocycles. The number of carbonyl (C=O) groups excluding carboxylic acids is 2. The molecule has 0 aliphatic heterocycles. The molecule has 0 aliphatic rings. The Kier molecular flexibility index (Phi) is 12.2. The van der Waals surface area contributed by atoms with Crippen LogP contribution in [0.1, 0.15) is 112 Å². The lowest BCUT2D eigenvalue weighted by Gasteiger charge is -2.31. The Morgan fingerprint density at radius 2 is 1.27 bits per heavy atom. The third-order valence-electron chi connectivity index (χ3n) is 9.16. The summed E-state index contributed by atoms with van der Waals surface area (Å²) in [5.41, 5.74) is 6.04. The SMILES string of the molecule is CCC(C)(CC=C(C)C)/C(C)=C/CCC(C)(CC)/C(C)=C/Cc1c(C)c(OC(C)=O)c2ccccc2c1OC(C)=O. The summed E-state index contributed by atoms with van der Waals surface area (Å²) in [6.45, 7) is 22.8. The highest BCUT2D eigenvalue weighted by Crippen LogP contribution is 2.43. The topological polar surface area (TPSA) is 52.6 Å². The summed E-state index contributed by atoms with van der Waals surface area (Å²) in [6, 6.07) is 7.60. The van der Waals surface area contributed by atoms with E-state index in [9.17, 15) is 9.59 Å². The van der Waals surface area contributed by atoms with Gasteiger partial charge in [0, 0.05) is 30.2 Å². The van der Waals surface area contributed by atoms with Crippen molar-refractivity contribution >= 4 is 22.7 Å². The lowest BCUT2D eigenvalue weighted by molar-refractivity contribution is -0.133. The normalized spacial score (nSPS) is 15.2. The molecule has 41 heavy (non-hydrogen) atoms. The number of allylic oxidation sites excluding steroid dienone is 6. The molecule has 2 aromatic carbocycles. The molecule has 4 heteroatoms. The van der Waals surface area contributed by atoms with Crippen LogP contribution in [0.4, 0.5) is 0 Å². The molecular weight excluding hydrogens is 508 g/mol. The van der Waals surface area contributed by atoms with Gasteiger partial charge in [0.1, 0.15) is 11.5 Å². The largest absolute Gasteiger partial charge is 0.426 e. The van der Waals surface area contributed by atoms with Crippen LogP contribution in [0, 0.1) is 17.8 Å². The van der Waals surface area contributed by atoms with E-state index in [0.717, 1.165) is 54.0 Å². The summed E-state index contributed by atoms with van der Waals surface area (Å²) in [5.74, 6) is 0.313. The maximum absolute atomic E-state index is 12.1. The average Bonchev–Trinajstić information content (AvgIpc) is 2.92. The second kappa shape index (κ2) is 14.7. The van der Waals surface area contributed by atoms with Gasteiger partial charge in [-0.15, -0.1) is 0 Å². The molecular formula is C37H52O4. The van der Waals surface area contributed by atoms with E-state index in [0.29, 0.717) is 17.9 Å². The Morgan fingerprint density at radius 3 is 1.78 bits per heavy atom. The van der Waals surface area contributed by atoms with Crippen molar-refractivity contribution in [2.24, 2.45) is 10.8 Å². The van der Waals surface area contributed by atoms with Gasteiger partial charge in [0.2, 0.25) is 0 Å². The summed E-state index contributed by atoms with van der Waals surface area (Å²) in [5, 5.41) is 1.52. The third-order valence-corrected chi connectivity index (χ3v) is 9.16. The molecule has 0 radical (unpaired) electrons. The molecule has 0 heterocycles. The molecule has 0 saturated heterocycles. The molecule has 0 bridgehead atoms. The Morgan fingerprint density at radius 1 is 0.756 bits per heavy atom. The molecule has 0 spiro atoms. The standard InChI is InChI=1S/C37H52O4/c1-12-36(10,23-16-17-26(5)37(11,13-2)24-22-25(3)4)27(6)20-21-31-28(7)34(40-29(8)38)32-18-14-15-19-33(32)35(31)41-30(9)39/h14-15,17-20,22H,12-13,16,21,23-24H2,1-11H3/b26-17+,27-20+. The van der Waals surface area contributed by atoms with Crippen molar-refractivity contribution in [2.75, 3.05) is 0 Å². The zero-order valence-corrected chi connectivity index (χ0v) is 27.4.